The van der Waals surface area contributed by atoms with Gasteiger partial charge in [0.1, 0.15) is 28.2 Å². The molecule has 0 aliphatic carbocycles. The van der Waals surface area contributed by atoms with Crippen molar-refractivity contribution >= 4 is 96.1 Å². The van der Waals surface area contributed by atoms with Gasteiger partial charge in [-0.1, -0.05) is 379 Å². The number of hydrogen-bond donors (Lipinski definition) is 0. The Labute approximate surface area is 737 Å². The van der Waals surface area contributed by atoms with Crippen LogP contribution in [-0.4, -0.2) is 32.3 Å². The molecule has 4 saturated heterocycles. The summed E-state index contributed by atoms with van der Waals surface area (Å²) >= 11 is 0. The van der Waals surface area contributed by atoms with Crippen molar-refractivity contribution < 1.29 is 18.3 Å². The Morgan fingerprint density at radius 2 is 0.455 bits per heavy atom. The standard InChI is InChI=1S/C31H36NSi.C29H32NSi.C28H30NSi.C27H28NSi/c1-23-11-12-25(24-9-7-6-8-10-24)22-29(23)30-28-14-13-27(21-26(28)15-18-32(30)4)33(5)19-16-31(2,3)17-20-33;1-22-12-13-24(23-10-6-4-7-11-23)21-28(22)29-27-15-14-26(20-25(27)16-17-30(29)2)31(3)18-8-5-9-19-31;1-21-11-12-23(22-9-5-4-6-10-22)20-27(21)28-26-14-13-25(30(3)17-7-8-18-30)19-24(26)15-16-29(28)2;1-20-10-11-22(21-8-5-4-6-9-21)19-26(20)27-25-13-12-24(29(3)16-7-17-29)18-23(25)14-15-28(27)2/h6-15,18,21-22H,16-17,19-20H2,1-5H3;4,6-7,10-17,20-21H,5,8-9,18-19H2,1-3H3;4-6,9-16,19-20H,7-8,17-18H2,1-3H3;4-6,8-15,18-19H,7,16-17H2,1-3H3/q4*+1. The lowest BCUT2D eigenvalue weighted by molar-refractivity contribution is -0.659. The molecule has 123 heavy (non-hydrogen) atoms. The van der Waals surface area contributed by atoms with Crippen LogP contribution in [0.2, 0.25) is 74.5 Å². The predicted octanol–water partition coefficient (Wildman–Crippen LogP) is 26.6. The molecule has 0 amide bonds. The Kier molecular flexibility index (Phi) is 24.3. The zero-order valence-corrected chi connectivity index (χ0v) is 79.6. The van der Waals surface area contributed by atoms with Crippen LogP contribution in [0.4, 0.5) is 0 Å². The van der Waals surface area contributed by atoms with Gasteiger partial charge in [-0.05, 0) is 170 Å². The number of pyridine rings is 4. The fourth-order valence-corrected chi connectivity index (χ4v) is 35.9. The highest BCUT2D eigenvalue weighted by Crippen LogP contribution is 2.44. The van der Waals surface area contributed by atoms with Crippen LogP contribution >= 0.6 is 0 Å². The number of benzene rings is 12. The summed E-state index contributed by atoms with van der Waals surface area (Å²) in [6.07, 6.45) is 20.2. The van der Waals surface area contributed by atoms with Crippen LogP contribution in [0.5, 0.6) is 0 Å². The average molecular weight is 1680 g/mol. The van der Waals surface area contributed by atoms with E-state index in [9.17, 15) is 0 Å². The molecule has 618 valence electrons. The molecule has 4 fully saturated rings. The summed E-state index contributed by atoms with van der Waals surface area (Å²) in [4.78, 5) is 0. The van der Waals surface area contributed by atoms with Crippen molar-refractivity contribution in [3.63, 3.8) is 0 Å². The largest absolute Gasteiger partial charge is 0.220 e. The van der Waals surface area contributed by atoms with E-state index in [2.05, 4.69) is 430 Å². The number of aryl methyl sites for hydroxylation is 8. The van der Waals surface area contributed by atoms with Gasteiger partial charge < -0.3 is 0 Å². The maximum Gasteiger partial charge on any atom is 0.220 e. The van der Waals surface area contributed by atoms with Crippen molar-refractivity contribution in [1.29, 1.82) is 0 Å². The molecule has 0 unspecified atom stereocenters. The fourth-order valence-electron chi connectivity index (χ4n) is 20.9. The summed E-state index contributed by atoms with van der Waals surface area (Å²) in [6, 6.07) is 120. The quantitative estimate of drug-likeness (QED) is 0.0856. The normalized spacial score (nSPS) is 16.0. The molecular weight excluding hydrogens is 1550 g/mol. The molecule has 0 saturated carbocycles. The van der Waals surface area contributed by atoms with Crippen LogP contribution in [0.15, 0.2) is 316 Å². The third-order valence-electron chi connectivity index (χ3n) is 29.6. The van der Waals surface area contributed by atoms with E-state index in [-0.39, 0.29) is 0 Å². The van der Waals surface area contributed by atoms with Gasteiger partial charge >= 0.3 is 0 Å². The SMILES string of the molecule is Cc1ccc(-c2ccccc2)cc1-c1c2ccc([Si]3(C)CCC(C)(C)CC3)cc2cc[n+]1C.Cc1ccc(-c2ccccc2)cc1-c1c2ccc([Si]3(C)CCC3)cc2cc[n+]1C.Cc1ccc(-c2ccccc2)cc1-c1c2ccc([Si]3(C)CCCC3)cc2cc[n+]1C.Cc1ccc(-c2ccccc2)cc1-c1c2ccc([Si]3(C)CCCCC3)cc2cc[n+]1C. The Bertz CT molecular complexity index is 6570. The lowest BCUT2D eigenvalue weighted by atomic mass is 9.87. The Hall–Kier alpha value is -10.9. The second-order valence-electron chi connectivity index (χ2n) is 38.9. The molecule has 0 spiro atoms. The Morgan fingerprint density at radius 3 is 0.691 bits per heavy atom. The van der Waals surface area contributed by atoms with Gasteiger partial charge in [0.05, 0.1) is 76.1 Å². The maximum absolute atomic E-state index is 2.61. The first kappa shape index (κ1) is 84.4. The van der Waals surface area contributed by atoms with Crippen LogP contribution in [0.1, 0.15) is 87.5 Å². The van der Waals surface area contributed by atoms with Crippen LogP contribution in [-0.2, 0) is 28.2 Å². The minimum atomic E-state index is -1.40. The summed E-state index contributed by atoms with van der Waals surface area (Å²) < 4.78 is 9.15. The molecule has 8 heteroatoms. The zero-order valence-electron chi connectivity index (χ0n) is 75.6. The summed E-state index contributed by atoms with van der Waals surface area (Å²) in [5.41, 5.74) is 26.5. The molecule has 16 aromatic rings. The molecule has 20 rings (SSSR count). The van der Waals surface area contributed by atoms with E-state index in [1.165, 1.54) is 255 Å². The van der Waals surface area contributed by atoms with Crippen LogP contribution in [0, 0.1) is 33.1 Å². The van der Waals surface area contributed by atoms with E-state index in [1.807, 2.05) is 0 Å². The molecule has 8 heterocycles. The van der Waals surface area contributed by atoms with Gasteiger partial charge in [-0.15, -0.1) is 0 Å². The third-order valence-corrected chi connectivity index (χ3v) is 47.8. The summed E-state index contributed by atoms with van der Waals surface area (Å²) in [5.74, 6) is 0. The van der Waals surface area contributed by atoms with Crippen molar-refractivity contribution in [3.8, 4) is 89.5 Å². The van der Waals surface area contributed by atoms with Crippen molar-refractivity contribution in [3.05, 3.63) is 338 Å². The molecule has 4 aliphatic rings. The zero-order chi connectivity index (χ0) is 85.4. The van der Waals surface area contributed by atoms with Gasteiger partial charge in [0.25, 0.3) is 0 Å². The van der Waals surface area contributed by atoms with E-state index < -0.39 is 32.3 Å². The summed E-state index contributed by atoms with van der Waals surface area (Å²) in [7, 11) is 3.55. The Morgan fingerprint density at radius 1 is 0.228 bits per heavy atom. The maximum atomic E-state index is 2.61. The summed E-state index contributed by atoms with van der Waals surface area (Å²) in [6.45, 7) is 24.1. The van der Waals surface area contributed by atoms with Crippen molar-refractivity contribution in [2.24, 2.45) is 33.6 Å². The molecule has 0 atom stereocenters. The van der Waals surface area contributed by atoms with Crippen LogP contribution < -0.4 is 39.0 Å². The summed E-state index contributed by atoms with van der Waals surface area (Å²) in [5, 5.41) is 17.5. The van der Waals surface area contributed by atoms with Gasteiger partial charge in [0.15, 0.2) is 24.8 Å². The molecule has 4 aliphatic heterocycles. The van der Waals surface area contributed by atoms with E-state index in [4.69, 9.17) is 0 Å². The lowest BCUT2D eigenvalue weighted by Gasteiger charge is -2.40. The molecule has 4 aromatic heterocycles. The first-order valence-corrected chi connectivity index (χ1v) is 57.4. The first-order chi connectivity index (χ1) is 59.4. The van der Waals surface area contributed by atoms with Crippen LogP contribution in [0.3, 0.4) is 0 Å². The number of fused-ring (bicyclic) bond motifs is 4. The number of aromatic nitrogens is 4. The molecule has 4 nitrogen and oxygen atoms in total. The highest BCUT2D eigenvalue weighted by Gasteiger charge is 2.40. The Balaban J connectivity index is 0.000000116. The minimum Gasteiger partial charge on any atom is -0.200 e. The second kappa shape index (κ2) is 35.4. The highest BCUT2D eigenvalue weighted by atomic mass is 28.3. The van der Waals surface area contributed by atoms with E-state index in [0.29, 0.717) is 5.41 Å². The smallest absolute Gasteiger partial charge is 0.200 e. The number of rotatable bonds is 12. The van der Waals surface area contributed by atoms with Crippen molar-refractivity contribution in [1.82, 2.24) is 0 Å². The van der Waals surface area contributed by atoms with Gasteiger partial charge in [0, 0.05) is 24.3 Å². The van der Waals surface area contributed by atoms with Gasteiger partial charge in [-0.3, -0.25) is 0 Å². The molecule has 0 bridgehead atoms. The number of hydrogen-bond acceptors (Lipinski definition) is 0. The topological polar surface area (TPSA) is 15.5 Å². The van der Waals surface area contributed by atoms with Crippen LogP contribution in [0.25, 0.3) is 133 Å². The van der Waals surface area contributed by atoms with Crippen molar-refractivity contribution in [2.75, 3.05) is 0 Å². The monoisotopic (exact) mass is 1670 g/mol. The van der Waals surface area contributed by atoms with Gasteiger partial charge in [-0.2, -0.15) is 0 Å². The van der Waals surface area contributed by atoms with E-state index >= 15 is 0 Å². The molecule has 0 N–H and O–H groups in total. The van der Waals surface area contributed by atoms with E-state index in [1.54, 1.807) is 20.7 Å². The minimum absolute atomic E-state index is 0.519. The average Bonchev–Trinajstić information content (AvgIpc) is 1.07. The molecular formula is C115H126N4Si4+4. The highest BCUT2D eigenvalue weighted by molar-refractivity contribution is 6.93. The van der Waals surface area contributed by atoms with Crippen molar-refractivity contribution in [2.45, 2.75) is 167 Å². The molecule has 12 aromatic carbocycles. The predicted molar refractivity (Wildman–Crippen MR) is 537 cm³/mol. The van der Waals surface area contributed by atoms with Gasteiger partial charge in [-0.25, -0.2) is 18.3 Å². The van der Waals surface area contributed by atoms with Gasteiger partial charge in [0.2, 0.25) is 22.8 Å². The number of nitrogens with zero attached hydrogens (tertiary/aromatic N) is 4. The molecule has 0 radical (unpaired) electrons. The van der Waals surface area contributed by atoms with E-state index in [0.717, 1.165) is 0 Å². The first-order valence-electron chi connectivity index (χ1n) is 45.8. The lowest BCUT2D eigenvalue weighted by Crippen LogP contribution is -2.50. The fraction of sp³-hybridized carbons (Fsp3) is 0.270. The second-order valence-corrected chi connectivity index (χ2v) is 57.7. The third kappa shape index (κ3) is 17.6.